The minimum Gasteiger partial charge on any atom is -0.399 e. The average Bonchev–Trinajstić information content (AvgIpc) is 3.18. The van der Waals surface area contributed by atoms with Gasteiger partial charge in [0.2, 0.25) is 0 Å². The first-order chi connectivity index (χ1) is 10.2. The lowest BCUT2D eigenvalue weighted by Crippen LogP contribution is -2.33. The third kappa shape index (κ3) is 3.07. The van der Waals surface area contributed by atoms with Gasteiger partial charge in [-0.25, -0.2) is 4.68 Å². The van der Waals surface area contributed by atoms with Gasteiger partial charge in [-0.2, -0.15) is 5.10 Å². The zero-order valence-corrected chi connectivity index (χ0v) is 12.2. The summed E-state index contributed by atoms with van der Waals surface area (Å²) < 4.78 is 1.71. The summed E-state index contributed by atoms with van der Waals surface area (Å²) >= 11 is 0. The summed E-state index contributed by atoms with van der Waals surface area (Å²) in [7, 11) is 0. The van der Waals surface area contributed by atoms with Crippen LogP contribution in [0, 0.1) is 5.92 Å². The molecular weight excluding hydrogens is 264 g/mol. The Morgan fingerprint density at radius 1 is 1.33 bits per heavy atom. The Morgan fingerprint density at radius 2 is 2.05 bits per heavy atom. The van der Waals surface area contributed by atoms with Crippen LogP contribution >= 0.6 is 0 Å². The van der Waals surface area contributed by atoms with Gasteiger partial charge in [0, 0.05) is 25.0 Å². The molecule has 110 valence electrons. The summed E-state index contributed by atoms with van der Waals surface area (Å²) in [5.74, 6) is 0.701. The topological polar surface area (TPSA) is 64.2 Å². The lowest BCUT2D eigenvalue weighted by molar-refractivity contribution is 0.0750. The summed E-state index contributed by atoms with van der Waals surface area (Å²) in [6.07, 6.45) is 4.29. The van der Waals surface area contributed by atoms with E-state index in [0.29, 0.717) is 17.3 Å². The van der Waals surface area contributed by atoms with Crippen molar-refractivity contribution in [2.45, 2.75) is 19.8 Å². The number of hydrogen-bond acceptors (Lipinski definition) is 3. The number of rotatable bonds is 5. The lowest BCUT2D eigenvalue weighted by atomic mass is 10.3. The fourth-order valence-corrected chi connectivity index (χ4v) is 2.34. The van der Waals surface area contributed by atoms with Crippen molar-refractivity contribution >= 4 is 11.6 Å². The molecular formula is C16H20N4O. The van der Waals surface area contributed by atoms with Gasteiger partial charge in [-0.15, -0.1) is 0 Å². The zero-order valence-electron chi connectivity index (χ0n) is 12.2. The standard InChI is InChI=1S/C16H20N4O/c1-2-19(11-12-3-4-12)16(21)15-9-10-20(18-15)14-7-5-13(17)6-8-14/h5-10,12H,2-4,11,17H2,1H3. The van der Waals surface area contributed by atoms with E-state index in [4.69, 9.17) is 5.73 Å². The van der Waals surface area contributed by atoms with Crippen molar-refractivity contribution < 1.29 is 4.79 Å². The average molecular weight is 284 g/mol. The number of benzene rings is 1. The molecule has 0 atom stereocenters. The number of nitrogens with zero attached hydrogens (tertiary/aromatic N) is 3. The summed E-state index contributed by atoms with van der Waals surface area (Å²) in [4.78, 5) is 14.4. The summed E-state index contributed by atoms with van der Waals surface area (Å²) in [6.45, 7) is 3.59. The number of aromatic nitrogens is 2. The Bertz CT molecular complexity index is 628. The molecule has 0 aliphatic heterocycles. The van der Waals surface area contributed by atoms with Crippen LogP contribution in [0.15, 0.2) is 36.5 Å². The van der Waals surface area contributed by atoms with Crippen molar-refractivity contribution in [3.05, 3.63) is 42.2 Å². The van der Waals surface area contributed by atoms with E-state index in [0.717, 1.165) is 18.8 Å². The molecule has 0 spiro atoms. The van der Waals surface area contributed by atoms with E-state index in [1.165, 1.54) is 12.8 Å². The van der Waals surface area contributed by atoms with Crippen molar-refractivity contribution in [3.63, 3.8) is 0 Å². The van der Waals surface area contributed by atoms with Crippen LogP contribution in [0.25, 0.3) is 5.69 Å². The van der Waals surface area contributed by atoms with Gasteiger partial charge in [0.25, 0.3) is 5.91 Å². The molecule has 0 bridgehead atoms. The first kappa shape index (κ1) is 13.7. The highest BCUT2D eigenvalue weighted by Crippen LogP contribution is 2.30. The molecule has 1 amide bonds. The van der Waals surface area contributed by atoms with Crippen LogP contribution in [0.2, 0.25) is 0 Å². The molecule has 1 aliphatic carbocycles. The van der Waals surface area contributed by atoms with E-state index in [1.54, 1.807) is 10.7 Å². The van der Waals surface area contributed by atoms with Gasteiger partial charge in [0.1, 0.15) is 0 Å². The van der Waals surface area contributed by atoms with Crippen LogP contribution in [0.1, 0.15) is 30.3 Å². The monoisotopic (exact) mass is 284 g/mol. The number of amides is 1. The smallest absolute Gasteiger partial charge is 0.274 e. The molecule has 1 saturated carbocycles. The molecule has 3 rings (SSSR count). The van der Waals surface area contributed by atoms with Crippen molar-refractivity contribution in [1.29, 1.82) is 0 Å². The number of anilines is 1. The van der Waals surface area contributed by atoms with Gasteiger partial charge in [-0.05, 0) is 56.0 Å². The first-order valence-electron chi connectivity index (χ1n) is 7.38. The molecule has 2 aromatic rings. The minimum absolute atomic E-state index is 0.0126. The molecule has 1 aliphatic rings. The second-order valence-electron chi connectivity index (χ2n) is 5.52. The van der Waals surface area contributed by atoms with Crippen LogP contribution < -0.4 is 5.73 Å². The fraction of sp³-hybridized carbons (Fsp3) is 0.375. The van der Waals surface area contributed by atoms with Crippen LogP contribution in [0.5, 0.6) is 0 Å². The van der Waals surface area contributed by atoms with E-state index in [2.05, 4.69) is 5.10 Å². The summed E-state index contributed by atoms with van der Waals surface area (Å²) in [5, 5.41) is 4.39. The summed E-state index contributed by atoms with van der Waals surface area (Å²) in [5.41, 5.74) is 7.78. The van der Waals surface area contributed by atoms with Gasteiger partial charge in [-0.1, -0.05) is 0 Å². The highest BCUT2D eigenvalue weighted by Gasteiger charge is 2.27. The molecule has 0 saturated heterocycles. The molecule has 1 aromatic carbocycles. The molecule has 1 fully saturated rings. The number of carbonyl (C=O) groups is 1. The number of hydrogen-bond donors (Lipinski definition) is 1. The molecule has 2 N–H and O–H groups in total. The number of carbonyl (C=O) groups excluding carboxylic acids is 1. The molecule has 1 aromatic heterocycles. The second-order valence-corrected chi connectivity index (χ2v) is 5.52. The molecule has 5 heteroatoms. The Labute approximate surface area is 124 Å². The lowest BCUT2D eigenvalue weighted by Gasteiger charge is -2.19. The van der Waals surface area contributed by atoms with E-state index < -0.39 is 0 Å². The normalized spacial score (nSPS) is 14.1. The van der Waals surface area contributed by atoms with Gasteiger partial charge < -0.3 is 10.6 Å². The van der Waals surface area contributed by atoms with Gasteiger partial charge in [0.15, 0.2) is 5.69 Å². The molecule has 5 nitrogen and oxygen atoms in total. The third-order valence-corrected chi connectivity index (χ3v) is 3.81. The Morgan fingerprint density at radius 3 is 2.67 bits per heavy atom. The van der Waals surface area contributed by atoms with Crippen molar-refractivity contribution in [1.82, 2.24) is 14.7 Å². The van der Waals surface area contributed by atoms with E-state index in [-0.39, 0.29) is 5.91 Å². The van der Waals surface area contributed by atoms with Crippen LogP contribution in [-0.2, 0) is 0 Å². The van der Waals surface area contributed by atoms with E-state index in [9.17, 15) is 4.79 Å². The van der Waals surface area contributed by atoms with Crippen molar-refractivity contribution in [2.24, 2.45) is 5.92 Å². The number of nitrogens with two attached hydrogens (primary N) is 1. The number of nitrogen functional groups attached to an aromatic ring is 1. The van der Waals surface area contributed by atoms with Crippen LogP contribution in [0.4, 0.5) is 5.69 Å². The summed E-state index contributed by atoms with van der Waals surface area (Å²) in [6, 6.07) is 9.19. The first-order valence-corrected chi connectivity index (χ1v) is 7.38. The maximum Gasteiger partial charge on any atom is 0.274 e. The predicted octanol–water partition coefficient (Wildman–Crippen LogP) is 2.33. The molecule has 1 heterocycles. The maximum atomic E-state index is 12.5. The predicted molar refractivity (Wildman–Crippen MR) is 82.3 cm³/mol. The minimum atomic E-state index is 0.0126. The largest absolute Gasteiger partial charge is 0.399 e. The zero-order chi connectivity index (χ0) is 14.8. The molecule has 21 heavy (non-hydrogen) atoms. The third-order valence-electron chi connectivity index (χ3n) is 3.81. The Kier molecular flexibility index (Phi) is 3.64. The van der Waals surface area contributed by atoms with E-state index >= 15 is 0 Å². The van der Waals surface area contributed by atoms with Crippen LogP contribution in [-0.4, -0.2) is 33.7 Å². The Balaban J connectivity index is 1.76. The molecule has 0 unspecified atom stereocenters. The van der Waals surface area contributed by atoms with Crippen molar-refractivity contribution in [3.8, 4) is 5.69 Å². The van der Waals surface area contributed by atoms with Crippen LogP contribution in [0.3, 0.4) is 0 Å². The van der Waals surface area contributed by atoms with Gasteiger partial charge in [-0.3, -0.25) is 4.79 Å². The highest BCUT2D eigenvalue weighted by atomic mass is 16.2. The van der Waals surface area contributed by atoms with Crippen molar-refractivity contribution in [2.75, 3.05) is 18.8 Å². The fourth-order valence-electron chi connectivity index (χ4n) is 2.34. The van der Waals surface area contributed by atoms with E-state index in [1.807, 2.05) is 42.3 Å². The Hall–Kier alpha value is -2.30. The second kappa shape index (κ2) is 5.60. The van der Waals surface area contributed by atoms with Gasteiger partial charge >= 0.3 is 0 Å². The molecule has 0 radical (unpaired) electrons. The SMILES string of the molecule is CCN(CC1CC1)C(=O)c1ccn(-c2ccc(N)cc2)n1. The maximum absolute atomic E-state index is 12.5. The highest BCUT2D eigenvalue weighted by molar-refractivity contribution is 5.92. The quantitative estimate of drug-likeness (QED) is 0.857. The van der Waals surface area contributed by atoms with Gasteiger partial charge in [0.05, 0.1) is 5.69 Å².